The molecule has 0 aromatic heterocycles. The van der Waals surface area contributed by atoms with Crippen LogP contribution in [0.25, 0.3) is 0 Å². The molecule has 0 atom stereocenters. The zero-order valence-electron chi connectivity index (χ0n) is 12.8. The molecule has 0 unspecified atom stereocenters. The van der Waals surface area contributed by atoms with Gasteiger partial charge in [-0.1, -0.05) is 0 Å². The van der Waals surface area contributed by atoms with Crippen LogP contribution in [0.15, 0.2) is 42.5 Å². The molecule has 120 valence electrons. The maximum Gasteiger partial charge on any atom is 0.265 e. The third kappa shape index (κ3) is 3.31. The second kappa shape index (κ2) is 6.48. The van der Waals surface area contributed by atoms with Crippen LogP contribution >= 0.6 is 0 Å². The molecule has 1 aliphatic rings. The number of fused-ring (bicyclic) bond motifs is 1. The highest BCUT2D eigenvalue weighted by atomic mass is 16.5. The number of benzene rings is 2. The van der Waals surface area contributed by atoms with E-state index >= 15 is 0 Å². The van der Waals surface area contributed by atoms with Crippen LogP contribution in [-0.2, 0) is 4.79 Å². The molecule has 0 fully saturated rings. The predicted molar refractivity (Wildman–Crippen MR) is 87.2 cm³/mol. The first-order chi connectivity index (χ1) is 11.2. The van der Waals surface area contributed by atoms with Crippen molar-refractivity contribution in [3.63, 3.8) is 0 Å². The van der Waals surface area contributed by atoms with E-state index in [2.05, 4.69) is 0 Å². The summed E-state index contributed by atoms with van der Waals surface area (Å²) >= 11 is 0. The van der Waals surface area contributed by atoms with Crippen molar-refractivity contribution in [1.29, 1.82) is 0 Å². The van der Waals surface area contributed by atoms with Crippen molar-refractivity contribution < 1.29 is 19.0 Å². The molecule has 0 bridgehead atoms. The minimum absolute atomic E-state index is 0.0129. The van der Waals surface area contributed by atoms with Crippen LogP contribution in [0.4, 0.5) is 11.4 Å². The molecule has 6 nitrogen and oxygen atoms in total. The van der Waals surface area contributed by atoms with Crippen molar-refractivity contribution in [2.75, 3.05) is 37.5 Å². The van der Waals surface area contributed by atoms with Crippen LogP contribution in [0.5, 0.6) is 17.2 Å². The average molecular weight is 314 g/mol. The summed E-state index contributed by atoms with van der Waals surface area (Å²) in [5.74, 6) is 2.02. The van der Waals surface area contributed by atoms with Crippen molar-refractivity contribution in [2.24, 2.45) is 0 Å². The standard InChI is InChI=1S/C17H18N2O4/c1-21-13-3-5-14(6-4-13)22-9-8-19-15-7-2-12(18)10-16(15)23-11-17(19)20/h2-7,10H,8-9,11,18H2,1H3. The molecule has 1 heterocycles. The van der Waals surface area contributed by atoms with E-state index < -0.39 is 0 Å². The number of rotatable bonds is 5. The van der Waals surface area contributed by atoms with Gasteiger partial charge in [-0.05, 0) is 36.4 Å². The number of hydrogen-bond donors (Lipinski definition) is 1. The van der Waals surface area contributed by atoms with Crippen LogP contribution < -0.4 is 24.8 Å². The fourth-order valence-electron chi connectivity index (χ4n) is 2.39. The quantitative estimate of drug-likeness (QED) is 0.855. The number of nitrogens with two attached hydrogens (primary N) is 1. The monoisotopic (exact) mass is 314 g/mol. The fourth-order valence-corrected chi connectivity index (χ4v) is 2.39. The highest BCUT2D eigenvalue weighted by molar-refractivity contribution is 5.98. The summed E-state index contributed by atoms with van der Waals surface area (Å²) in [7, 11) is 1.62. The van der Waals surface area contributed by atoms with Gasteiger partial charge < -0.3 is 24.8 Å². The Morgan fingerprint density at radius 2 is 1.91 bits per heavy atom. The summed E-state index contributed by atoms with van der Waals surface area (Å²) in [5.41, 5.74) is 7.06. The minimum Gasteiger partial charge on any atom is -0.497 e. The Morgan fingerprint density at radius 1 is 1.17 bits per heavy atom. The molecule has 1 amide bonds. The van der Waals surface area contributed by atoms with Gasteiger partial charge in [-0.25, -0.2) is 0 Å². The van der Waals surface area contributed by atoms with Crippen LogP contribution in [0.2, 0.25) is 0 Å². The van der Waals surface area contributed by atoms with E-state index in [1.807, 2.05) is 24.3 Å². The topological polar surface area (TPSA) is 74.0 Å². The Labute approximate surface area is 134 Å². The second-order valence-electron chi connectivity index (χ2n) is 5.09. The largest absolute Gasteiger partial charge is 0.497 e. The number of ether oxygens (including phenoxy) is 3. The summed E-state index contributed by atoms with van der Waals surface area (Å²) in [6.07, 6.45) is 0. The smallest absolute Gasteiger partial charge is 0.265 e. The van der Waals surface area contributed by atoms with Crippen LogP contribution in [0, 0.1) is 0 Å². The Hall–Kier alpha value is -2.89. The Bertz CT molecular complexity index is 700. The molecule has 0 saturated heterocycles. The number of nitrogen functional groups attached to an aromatic ring is 1. The third-order valence-electron chi connectivity index (χ3n) is 3.57. The number of methoxy groups -OCH3 is 1. The Balaban J connectivity index is 1.64. The van der Waals surface area contributed by atoms with E-state index in [4.69, 9.17) is 19.9 Å². The molecule has 2 N–H and O–H groups in total. The van der Waals surface area contributed by atoms with Crippen LogP contribution in [0.1, 0.15) is 0 Å². The van der Waals surface area contributed by atoms with Crippen molar-refractivity contribution in [2.45, 2.75) is 0 Å². The van der Waals surface area contributed by atoms with E-state index in [1.54, 1.807) is 30.2 Å². The Kier molecular flexibility index (Phi) is 4.23. The van der Waals surface area contributed by atoms with E-state index in [0.717, 1.165) is 11.5 Å². The van der Waals surface area contributed by atoms with Crippen molar-refractivity contribution >= 4 is 17.3 Å². The van der Waals surface area contributed by atoms with Gasteiger partial charge in [0.1, 0.15) is 23.9 Å². The predicted octanol–water partition coefficient (Wildman–Crippen LogP) is 2.08. The van der Waals surface area contributed by atoms with Gasteiger partial charge in [0.25, 0.3) is 5.91 Å². The maximum absolute atomic E-state index is 12.1. The molecule has 6 heteroatoms. The van der Waals surface area contributed by atoms with Gasteiger partial charge in [-0.15, -0.1) is 0 Å². The molecule has 0 spiro atoms. The van der Waals surface area contributed by atoms with Gasteiger partial charge in [0.2, 0.25) is 0 Å². The Morgan fingerprint density at radius 3 is 2.65 bits per heavy atom. The van der Waals surface area contributed by atoms with Crippen molar-refractivity contribution in [3.8, 4) is 17.2 Å². The zero-order valence-corrected chi connectivity index (χ0v) is 12.8. The number of hydrogen-bond acceptors (Lipinski definition) is 5. The molecule has 0 aliphatic carbocycles. The molecular weight excluding hydrogens is 296 g/mol. The molecule has 0 radical (unpaired) electrons. The number of amides is 1. The van der Waals surface area contributed by atoms with Crippen molar-refractivity contribution in [3.05, 3.63) is 42.5 Å². The SMILES string of the molecule is COc1ccc(OCCN2C(=O)COc3cc(N)ccc32)cc1. The maximum atomic E-state index is 12.1. The van der Waals surface area contributed by atoms with Gasteiger partial charge in [-0.2, -0.15) is 0 Å². The molecule has 23 heavy (non-hydrogen) atoms. The summed E-state index contributed by atoms with van der Waals surface area (Å²) < 4.78 is 16.2. The molecule has 0 saturated carbocycles. The van der Waals surface area contributed by atoms with Crippen molar-refractivity contribution in [1.82, 2.24) is 0 Å². The van der Waals surface area contributed by atoms with Crippen LogP contribution in [0.3, 0.4) is 0 Å². The fraction of sp³-hybridized carbons (Fsp3) is 0.235. The lowest BCUT2D eigenvalue weighted by Crippen LogP contribution is -2.41. The van der Waals surface area contributed by atoms with Gasteiger partial charge in [0.05, 0.1) is 19.3 Å². The number of anilines is 2. The highest BCUT2D eigenvalue weighted by Crippen LogP contribution is 2.33. The molecule has 1 aliphatic heterocycles. The lowest BCUT2D eigenvalue weighted by atomic mass is 10.2. The molecule has 2 aromatic rings. The minimum atomic E-state index is -0.0967. The number of carbonyl (C=O) groups is 1. The first-order valence-electron chi connectivity index (χ1n) is 7.27. The first kappa shape index (κ1) is 15.0. The number of nitrogens with zero attached hydrogens (tertiary/aromatic N) is 1. The van der Waals surface area contributed by atoms with Gasteiger partial charge in [0, 0.05) is 11.8 Å². The summed E-state index contributed by atoms with van der Waals surface area (Å²) in [4.78, 5) is 13.7. The van der Waals surface area contributed by atoms with Crippen LogP contribution in [-0.4, -0.2) is 32.8 Å². The summed E-state index contributed by atoms with van der Waals surface area (Å²) in [5, 5.41) is 0. The van der Waals surface area contributed by atoms with E-state index in [-0.39, 0.29) is 12.5 Å². The first-order valence-corrected chi connectivity index (χ1v) is 7.27. The normalized spacial score (nSPS) is 13.3. The third-order valence-corrected chi connectivity index (χ3v) is 3.57. The highest BCUT2D eigenvalue weighted by Gasteiger charge is 2.25. The molecule has 2 aromatic carbocycles. The lowest BCUT2D eigenvalue weighted by Gasteiger charge is -2.29. The van der Waals surface area contributed by atoms with Gasteiger partial charge in [-0.3, -0.25) is 4.79 Å². The summed E-state index contributed by atoms with van der Waals surface area (Å²) in [6, 6.07) is 12.6. The van der Waals surface area contributed by atoms with E-state index in [0.29, 0.717) is 30.3 Å². The van der Waals surface area contributed by atoms with Gasteiger partial charge in [0.15, 0.2) is 6.61 Å². The average Bonchev–Trinajstić information content (AvgIpc) is 2.57. The van der Waals surface area contributed by atoms with E-state index in [1.165, 1.54) is 0 Å². The van der Waals surface area contributed by atoms with Gasteiger partial charge >= 0.3 is 0 Å². The lowest BCUT2D eigenvalue weighted by molar-refractivity contribution is -0.121. The second-order valence-corrected chi connectivity index (χ2v) is 5.09. The molecular formula is C17H18N2O4. The zero-order chi connectivity index (χ0) is 16.2. The summed E-state index contributed by atoms with van der Waals surface area (Å²) in [6.45, 7) is 0.825. The molecule has 3 rings (SSSR count). The van der Waals surface area contributed by atoms with E-state index in [9.17, 15) is 4.79 Å². The number of carbonyl (C=O) groups excluding carboxylic acids is 1.